The van der Waals surface area contributed by atoms with E-state index in [1.807, 2.05) is 17.7 Å². The number of hydrogen-bond acceptors (Lipinski definition) is 6. The molecule has 1 heterocycles. The number of nitro benzene ring substituents is 1. The molecule has 0 aliphatic rings. The number of nitrogens with one attached hydrogen (secondary N) is 2. The number of anilines is 2. The average molecular weight is 276 g/mol. The molecule has 8 heteroatoms. The first kappa shape index (κ1) is 13.8. The number of rotatable bonds is 6. The summed E-state index contributed by atoms with van der Waals surface area (Å²) >= 11 is 0. The minimum absolute atomic E-state index is 0.0537. The average Bonchev–Trinajstić information content (AvgIpc) is 2.84. The van der Waals surface area contributed by atoms with Crippen molar-refractivity contribution in [1.82, 2.24) is 14.8 Å². The van der Waals surface area contributed by atoms with Crippen LogP contribution in [0.5, 0.6) is 0 Å². The molecule has 0 fully saturated rings. The molecule has 0 aliphatic carbocycles. The SMILES string of the molecule is CNc1cc(NCCc2nncn2C)cc([N+](=O)[O-])c1. The van der Waals surface area contributed by atoms with Crippen molar-refractivity contribution in [2.45, 2.75) is 6.42 Å². The summed E-state index contributed by atoms with van der Waals surface area (Å²) in [5.74, 6) is 0.858. The maximum Gasteiger partial charge on any atom is 0.273 e. The monoisotopic (exact) mass is 276 g/mol. The Bertz CT molecular complexity index is 610. The summed E-state index contributed by atoms with van der Waals surface area (Å²) < 4.78 is 1.84. The molecular weight excluding hydrogens is 260 g/mol. The van der Waals surface area contributed by atoms with Crippen LogP contribution in [0.25, 0.3) is 0 Å². The molecule has 8 nitrogen and oxygen atoms in total. The van der Waals surface area contributed by atoms with Gasteiger partial charge in [0.15, 0.2) is 0 Å². The Hall–Kier alpha value is -2.64. The minimum Gasteiger partial charge on any atom is -0.388 e. The number of non-ortho nitro benzene ring substituents is 1. The Balaban J connectivity index is 2.03. The summed E-state index contributed by atoms with van der Waals surface area (Å²) in [5.41, 5.74) is 1.45. The van der Waals surface area contributed by atoms with Gasteiger partial charge in [-0.1, -0.05) is 0 Å². The number of aryl methyl sites for hydroxylation is 1. The van der Waals surface area contributed by atoms with E-state index in [0.29, 0.717) is 24.3 Å². The Kier molecular flexibility index (Phi) is 4.14. The third-order valence-corrected chi connectivity index (χ3v) is 2.90. The molecule has 1 aromatic carbocycles. The standard InChI is InChI=1S/C12H16N6O2/c1-13-9-5-10(7-11(6-9)18(19)20)14-4-3-12-16-15-8-17(12)2/h5-8,13-14H,3-4H2,1-2H3. The largest absolute Gasteiger partial charge is 0.388 e. The molecule has 2 N–H and O–H groups in total. The lowest BCUT2D eigenvalue weighted by Crippen LogP contribution is -2.09. The second kappa shape index (κ2) is 6.00. The van der Waals surface area contributed by atoms with Gasteiger partial charge in [0.1, 0.15) is 12.2 Å². The predicted octanol–water partition coefficient (Wildman–Crippen LogP) is 1.42. The molecule has 0 saturated heterocycles. The molecule has 0 radical (unpaired) electrons. The van der Waals surface area contributed by atoms with Gasteiger partial charge in [-0.3, -0.25) is 10.1 Å². The van der Waals surface area contributed by atoms with Gasteiger partial charge < -0.3 is 15.2 Å². The van der Waals surface area contributed by atoms with Crippen LogP contribution >= 0.6 is 0 Å². The highest BCUT2D eigenvalue weighted by Crippen LogP contribution is 2.23. The Morgan fingerprint density at radius 2 is 2.10 bits per heavy atom. The third-order valence-electron chi connectivity index (χ3n) is 2.90. The molecule has 20 heavy (non-hydrogen) atoms. The fourth-order valence-corrected chi connectivity index (χ4v) is 1.82. The van der Waals surface area contributed by atoms with Gasteiger partial charge in [-0.05, 0) is 6.07 Å². The van der Waals surface area contributed by atoms with Crippen molar-refractivity contribution in [3.63, 3.8) is 0 Å². The first-order valence-corrected chi connectivity index (χ1v) is 6.14. The molecule has 0 saturated carbocycles. The summed E-state index contributed by atoms with van der Waals surface area (Å²) in [6.45, 7) is 0.622. The lowest BCUT2D eigenvalue weighted by atomic mass is 10.2. The highest BCUT2D eigenvalue weighted by atomic mass is 16.6. The number of hydrogen-bond donors (Lipinski definition) is 2. The van der Waals surface area contributed by atoms with Crippen LogP contribution in [0, 0.1) is 10.1 Å². The quantitative estimate of drug-likeness (QED) is 0.611. The van der Waals surface area contributed by atoms with Gasteiger partial charge in [0, 0.05) is 50.6 Å². The molecule has 0 spiro atoms. The molecule has 2 rings (SSSR count). The van der Waals surface area contributed by atoms with Gasteiger partial charge in [0.25, 0.3) is 5.69 Å². The van der Waals surface area contributed by atoms with Crippen LogP contribution in [-0.2, 0) is 13.5 Å². The molecule has 1 aromatic heterocycles. The van der Waals surface area contributed by atoms with Crippen molar-refractivity contribution in [1.29, 1.82) is 0 Å². The smallest absolute Gasteiger partial charge is 0.273 e. The van der Waals surface area contributed by atoms with Crippen LogP contribution in [0.2, 0.25) is 0 Å². The lowest BCUT2D eigenvalue weighted by Gasteiger charge is -2.08. The zero-order valence-corrected chi connectivity index (χ0v) is 11.3. The van der Waals surface area contributed by atoms with Gasteiger partial charge in [0.05, 0.1) is 4.92 Å². The van der Waals surface area contributed by atoms with E-state index in [1.165, 1.54) is 12.1 Å². The second-order valence-corrected chi connectivity index (χ2v) is 4.31. The number of aromatic nitrogens is 3. The van der Waals surface area contributed by atoms with E-state index in [2.05, 4.69) is 20.8 Å². The predicted molar refractivity (Wildman–Crippen MR) is 75.8 cm³/mol. The van der Waals surface area contributed by atoms with E-state index < -0.39 is 4.92 Å². The molecule has 0 atom stereocenters. The summed E-state index contributed by atoms with van der Waals surface area (Å²) in [5, 5.41) is 24.7. The van der Waals surface area contributed by atoms with Crippen molar-refractivity contribution in [3.8, 4) is 0 Å². The number of nitrogens with zero attached hydrogens (tertiary/aromatic N) is 4. The first-order valence-electron chi connectivity index (χ1n) is 6.14. The molecular formula is C12H16N6O2. The summed E-state index contributed by atoms with van der Waals surface area (Å²) in [4.78, 5) is 10.4. The fraction of sp³-hybridized carbons (Fsp3) is 0.333. The maximum atomic E-state index is 10.9. The second-order valence-electron chi connectivity index (χ2n) is 4.31. The van der Waals surface area contributed by atoms with Crippen LogP contribution < -0.4 is 10.6 Å². The van der Waals surface area contributed by atoms with E-state index in [-0.39, 0.29) is 5.69 Å². The van der Waals surface area contributed by atoms with Crippen LogP contribution in [0.1, 0.15) is 5.82 Å². The lowest BCUT2D eigenvalue weighted by molar-refractivity contribution is -0.384. The number of benzene rings is 1. The molecule has 0 bridgehead atoms. The maximum absolute atomic E-state index is 10.9. The van der Waals surface area contributed by atoms with Crippen molar-refractivity contribution in [3.05, 3.63) is 40.5 Å². The molecule has 0 unspecified atom stereocenters. The van der Waals surface area contributed by atoms with Crippen molar-refractivity contribution in [2.24, 2.45) is 7.05 Å². The van der Waals surface area contributed by atoms with E-state index in [0.717, 1.165) is 5.82 Å². The number of nitro groups is 1. The summed E-state index contributed by atoms with van der Waals surface area (Å²) in [7, 11) is 3.60. The summed E-state index contributed by atoms with van der Waals surface area (Å²) in [6, 6.07) is 4.83. The Morgan fingerprint density at radius 3 is 2.70 bits per heavy atom. The van der Waals surface area contributed by atoms with E-state index in [4.69, 9.17) is 0 Å². The molecule has 0 amide bonds. The highest BCUT2D eigenvalue weighted by molar-refractivity contribution is 5.63. The van der Waals surface area contributed by atoms with Crippen LogP contribution in [0.3, 0.4) is 0 Å². The fourth-order valence-electron chi connectivity index (χ4n) is 1.82. The molecule has 106 valence electrons. The summed E-state index contributed by atoms with van der Waals surface area (Å²) in [6.07, 6.45) is 2.33. The van der Waals surface area contributed by atoms with Crippen molar-refractivity contribution >= 4 is 17.1 Å². The van der Waals surface area contributed by atoms with Gasteiger partial charge >= 0.3 is 0 Å². The van der Waals surface area contributed by atoms with Crippen molar-refractivity contribution in [2.75, 3.05) is 24.2 Å². The first-order chi connectivity index (χ1) is 9.60. The highest BCUT2D eigenvalue weighted by Gasteiger charge is 2.09. The Labute approximate surface area is 116 Å². The molecule has 0 aliphatic heterocycles. The van der Waals surface area contributed by atoms with E-state index in [9.17, 15) is 10.1 Å². The van der Waals surface area contributed by atoms with Gasteiger partial charge in [-0.2, -0.15) is 0 Å². The van der Waals surface area contributed by atoms with Gasteiger partial charge in [0.2, 0.25) is 0 Å². The topological polar surface area (TPSA) is 97.9 Å². The van der Waals surface area contributed by atoms with Crippen LogP contribution in [-0.4, -0.2) is 33.3 Å². The third kappa shape index (κ3) is 3.22. The van der Waals surface area contributed by atoms with E-state index in [1.54, 1.807) is 13.4 Å². The molecule has 2 aromatic rings. The zero-order chi connectivity index (χ0) is 14.5. The normalized spacial score (nSPS) is 10.3. The van der Waals surface area contributed by atoms with E-state index >= 15 is 0 Å². The van der Waals surface area contributed by atoms with Crippen molar-refractivity contribution < 1.29 is 4.92 Å². The van der Waals surface area contributed by atoms with Crippen LogP contribution in [0.15, 0.2) is 24.5 Å². The van der Waals surface area contributed by atoms with Crippen LogP contribution in [0.4, 0.5) is 17.1 Å². The minimum atomic E-state index is -0.408. The van der Waals surface area contributed by atoms with Gasteiger partial charge in [-0.25, -0.2) is 0 Å². The zero-order valence-electron chi connectivity index (χ0n) is 11.3. The van der Waals surface area contributed by atoms with Gasteiger partial charge in [-0.15, -0.1) is 10.2 Å². The Morgan fingerprint density at radius 1 is 1.35 bits per heavy atom.